The Morgan fingerprint density at radius 1 is 0.917 bits per heavy atom. The lowest BCUT2D eigenvalue weighted by Gasteiger charge is -2.20. The van der Waals surface area contributed by atoms with Gasteiger partial charge in [-0.15, -0.1) is 11.3 Å². The molecule has 4 aromatic rings. The maximum Gasteiger partial charge on any atom is 0.181 e. The average Bonchev–Trinajstić information content (AvgIpc) is 3.31. The molecule has 5 nitrogen and oxygen atoms in total. The number of aryl methyl sites for hydroxylation is 1. The van der Waals surface area contributed by atoms with E-state index in [2.05, 4.69) is 51.3 Å². The van der Waals surface area contributed by atoms with Gasteiger partial charge in [-0.2, -0.15) is 0 Å². The third kappa shape index (κ3) is 5.19. The highest BCUT2D eigenvalue weighted by Crippen LogP contribution is 2.37. The molecule has 0 unspecified atom stereocenters. The van der Waals surface area contributed by atoms with E-state index in [0.717, 1.165) is 22.2 Å². The first kappa shape index (κ1) is 25.6. The normalized spacial score (nSPS) is 11.5. The van der Waals surface area contributed by atoms with Crippen molar-refractivity contribution in [3.05, 3.63) is 76.3 Å². The van der Waals surface area contributed by atoms with E-state index in [1.54, 1.807) is 36.6 Å². The van der Waals surface area contributed by atoms with Crippen LogP contribution in [-0.4, -0.2) is 30.8 Å². The number of Topliss-reactive ketones (excluding diaryl/α,β-unsaturated/α-hetero) is 2. The fraction of sp³-hybridized carbons (Fsp3) is 0.300. The molecule has 0 amide bonds. The molecule has 0 N–H and O–H groups in total. The number of carbonyl (C=O) groups is 2. The molecule has 0 saturated carbocycles. The van der Waals surface area contributed by atoms with Crippen LogP contribution in [0.5, 0.6) is 11.5 Å². The summed E-state index contributed by atoms with van der Waals surface area (Å²) in [4.78, 5) is 30.9. The number of ether oxygens (including phenoxy) is 2. The zero-order valence-corrected chi connectivity index (χ0v) is 22.4. The highest BCUT2D eigenvalue weighted by atomic mass is 32.1. The fourth-order valence-electron chi connectivity index (χ4n) is 4.15. The first-order chi connectivity index (χ1) is 17.1. The minimum atomic E-state index is -0.163. The molecule has 186 valence electrons. The molecule has 2 heterocycles. The quantitative estimate of drug-likeness (QED) is 0.235. The van der Waals surface area contributed by atoms with Crippen LogP contribution in [0.4, 0.5) is 0 Å². The van der Waals surface area contributed by atoms with Crippen LogP contribution in [0, 0.1) is 6.92 Å². The molecular formula is C30H31NO4S. The van der Waals surface area contributed by atoms with Crippen molar-refractivity contribution in [2.75, 3.05) is 14.2 Å². The van der Waals surface area contributed by atoms with Crippen molar-refractivity contribution in [3.8, 4) is 22.8 Å². The zero-order valence-electron chi connectivity index (χ0n) is 21.6. The van der Waals surface area contributed by atoms with Gasteiger partial charge >= 0.3 is 0 Å². The topological polar surface area (TPSA) is 65.5 Å². The number of carbonyl (C=O) groups excluding carboxylic acids is 2. The molecule has 0 fully saturated rings. The monoisotopic (exact) mass is 501 g/mol. The highest BCUT2D eigenvalue weighted by molar-refractivity contribution is 7.18. The molecule has 4 rings (SSSR count). The number of rotatable bonds is 8. The second-order valence-corrected chi connectivity index (χ2v) is 10.8. The number of pyridine rings is 1. The van der Waals surface area contributed by atoms with Gasteiger partial charge in [-0.25, -0.2) is 4.98 Å². The number of hydrogen-bond donors (Lipinski definition) is 0. The van der Waals surface area contributed by atoms with E-state index < -0.39 is 0 Å². The van der Waals surface area contributed by atoms with E-state index in [0.29, 0.717) is 22.8 Å². The van der Waals surface area contributed by atoms with Crippen LogP contribution < -0.4 is 9.47 Å². The Kier molecular flexibility index (Phi) is 7.27. The van der Waals surface area contributed by atoms with Gasteiger partial charge in [-0.1, -0.05) is 39.0 Å². The first-order valence-electron chi connectivity index (χ1n) is 11.9. The van der Waals surface area contributed by atoms with Crippen LogP contribution in [0.15, 0.2) is 53.9 Å². The third-order valence-corrected chi connectivity index (χ3v) is 7.47. The SMILES string of the molecule is COc1ccc(C(=O)CCC(=O)c2cc(C(C)(C)C)cc(-c3csc4c(C)cccc34)n2)cc1OC. The van der Waals surface area contributed by atoms with Crippen LogP contribution in [0.25, 0.3) is 21.3 Å². The van der Waals surface area contributed by atoms with Crippen LogP contribution in [0.2, 0.25) is 0 Å². The number of benzene rings is 2. The summed E-state index contributed by atoms with van der Waals surface area (Å²) in [7, 11) is 3.07. The van der Waals surface area contributed by atoms with Gasteiger partial charge in [0.15, 0.2) is 23.1 Å². The molecule has 36 heavy (non-hydrogen) atoms. The summed E-state index contributed by atoms with van der Waals surface area (Å²) >= 11 is 1.69. The molecule has 0 spiro atoms. The minimum absolute atomic E-state index is 0.0801. The summed E-state index contributed by atoms with van der Waals surface area (Å²) in [5.74, 6) is 0.761. The molecule has 0 radical (unpaired) electrons. The van der Waals surface area contributed by atoms with Gasteiger partial charge in [0, 0.05) is 39.4 Å². The van der Waals surface area contributed by atoms with Crippen LogP contribution in [0.3, 0.4) is 0 Å². The Labute approximate surface area is 216 Å². The lowest BCUT2D eigenvalue weighted by Crippen LogP contribution is -2.15. The van der Waals surface area contributed by atoms with E-state index >= 15 is 0 Å². The standard InChI is InChI=1S/C30H31NO4S/c1-18-8-7-9-21-22(17-36-29(18)21)23-15-20(30(2,3)4)16-24(31-23)26(33)12-11-25(32)19-10-13-27(34-5)28(14-19)35-6/h7-10,13-17H,11-12H2,1-6H3. The smallest absolute Gasteiger partial charge is 0.181 e. The van der Waals surface area contributed by atoms with Crippen molar-refractivity contribution < 1.29 is 19.1 Å². The zero-order chi connectivity index (χ0) is 26.0. The number of hydrogen-bond acceptors (Lipinski definition) is 6. The molecule has 0 bridgehead atoms. The average molecular weight is 502 g/mol. The Hall–Kier alpha value is -3.51. The lowest BCUT2D eigenvalue weighted by atomic mass is 9.85. The summed E-state index contributed by atoms with van der Waals surface area (Å²) < 4.78 is 11.8. The Bertz CT molecular complexity index is 1450. The number of ketones is 2. The Balaban J connectivity index is 1.63. The molecule has 0 aliphatic heterocycles. The van der Waals surface area contributed by atoms with Crippen molar-refractivity contribution in [2.24, 2.45) is 0 Å². The van der Waals surface area contributed by atoms with Gasteiger partial charge in [0.2, 0.25) is 0 Å². The molecule has 0 atom stereocenters. The van der Waals surface area contributed by atoms with Crippen molar-refractivity contribution >= 4 is 33.0 Å². The number of methoxy groups -OCH3 is 2. The molecule has 0 aliphatic rings. The van der Waals surface area contributed by atoms with Gasteiger partial charge in [-0.3, -0.25) is 9.59 Å². The first-order valence-corrected chi connectivity index (χ1v) is 12.8. The molecule has 0 saturated heterocycles. The molecule has 6 heteroatoms. The van der Waals surface area contributed by atoms with Crippen LogP contribution in [0.1, 0.15) is 65.6 Å². The Morgan fingerprint density at radius 3 is 2.33 bits per heavy atom. The van der Waals surface area contributed by atoms with Crippen molar-refractivity contribution in [2.45, 2.75) is 46.0 Å². The van der Waals surface area contributed by atoms with Gasteiger partial charge < -0.3 is 9.47 Å². The van der Waals surface area contributed by atoms with Gasteiger partial charge in [0.1, 0.15) is 5.69 Å². The Morgan fingerprint density at radius 2 is 1.64 bits per heavy atom. The molecule has 2 aromatic heterocycles. The maximum absolute atomic E-state index is 13.3. The highest BCUT2D eigenvalue weighted by Gasteiger charge is 2.21. The van der Waals surface area contributed by atoms with E-state index in [9.17, 15) is 9.59 Å². The number of fused-ring (bicyclic) bond motifs is 1. The predicted octanol–water partition coefficient (Wildman–Crippen LogP) is 7.43. The second-order valence-electron chi connectivity index (χ2n) is 9.89. The predicted molar refractivity (Wildman–Crippen MR) is 146 cm³/mol. The summed E-state index contributed by atoms with van der Waals surface area (Å²) in [6.07, 6.45) is 0.169. The van der Waals surface area contributed by atoms with Crippen molar-refractivity contribution in [3.63, 3.8) is 0 Å². The molecule has 2 aromatic carbocycles. The van der Waals surface area contributed by atoms with Crippen molar-refractivity contribution in [1.82, 2.24) is 4.98 Å². The van der Waals surface area contributed by atoms with E-state index in [1.165, 1.54) is 17.4 Å². The van der Waals surface area contributed by atoms with Crippen LogP contribution >= 0.6 is 11.3 Å². The maximum atomic E-state index is 13.3. The number of thiophene rings is 1. The van der Waals surface area contributed by atoms with Crippen LogP contribution in [-0.2, 0) is 5.41 Å². The van der Waals surface area contributed by atoms with Crippen molar-refractivity contribution in [1.29, 1.82) is 0 Å². The molecular weight excluding hydrogens is 470 g/mol. The second kappa shape index (κ2) is 10.2. The lowest BCUT2D eigenvalue weighted by molar-refractivity contribution is 0.0914. The van der Waals surface area contributed by atoms with Gasteiger partial charge in [0.05, 0.1) is 19.9 Å². The van der Waals surface area contributed by atoms with Gasteiger partial charge in [-0.05, 0) is 53.8 Å². The molecule has 0 aliphatic carbocycles. The summed E-state index contributed by atoms with van der Waals surface area (Å²) in [5, 5.41) is 3.25. The largest absolute Gasteiger partial charge is 0.493 e. The summed E-state index contributed by atoms with van der Waals surface area (Å²) in [6.45, 7) is 8.47. The number of aromatic nitrogens is 1. The number of nitrogens with zero attached hydrogens (tertiary/aromatic N) is 1. The summed E-state index contributed by atoms with van der Waals surface area (Å²) in [5.41, 5.74) is 4.79. The van der Waals surface area contributed by atoms with E-state index in [1.807, 2.05) is 12.1 Å². The van der Waals surface area contributed by atoms with E-state index in [4.69, 9.17) is 14.5 Å². The minimum Gasteiger partial charge on any atom is -0.493 e. The summed E-state index contributed by atoms with van der Waals surface area (Å²) in [6, 6.07) is 15.2. The fourth-order valence-corrected chi connectivity index (χ4v) is 5.20. The third-order valence-electron chi connectivity index (χ3n) is 6.33. The van der Waals surface area contributed by atoms with E-state index in [-0.39, 0.29) is 29.8 Å². The van der Waals surface area contributed by atoms with Gasteiger partial charge in [0.25, 0.3) is 0 Å².